The molecule has 31 heavy (non-hydrogen) atoms. The van der Waals surface area contributed by atoms with Gasteiger partial charge in [0.2, 0.25) is 11.8 Å². The lowest BCUT2D eigenvalue weighted by Gasteiger charge is -2.31. The van der Waals surface area contributed by atoms with Gasteiger partial charge in [0.25, 0.3) is 0 Å². The standard InChI is InChI=1S/C22H30N6O2S/c1-14(2)8-11-28-19(30)7-6-16-15(3)24-20(26-21(16)28)17-5-4-10-27(17)13-18(29)25-22-23-9-12-31-22/h9,12,14,17H,4-8,10-11,13H2,1-3H3,(H,23,25,29)/t17-/m1/s1. The first-order chi connectivity index (χ1) is 14.9. The summed E-state index contributed by atoms with van der Waals surface area (Å²) >= 11 is 1.41. The van der Waals surface area contributed by atoms with Gasteiger partial charge in [-0.15, -0.1) is 11.3 Å². The average molecular weight is 443 g/mol. The number of fused-ring (bicyclic) bond motifs is 1. The van der Waals surface area contributed by atoms with E-state index in [1.54, 1.807) is 6.20 Å². The van der Waals surface area contributed by atoms with Gasteiger partial charge in [-0.05, 0) is 45.1 Å². The Balaban J connectivity index is 1.55. The number of carbonyl (C=O) groups is 2. The van der Waals surface area contributed by atoms with E-state index in [1.807, 2.05) is 17.2 Å². The fourth-order valence-electron chi connectivity index (χ4n) is 4.31. The summed E-state index contributed by atoms with van der Waals surface area (Å²) in [6.07, 6.45) is 5.72. The molecule has 8 nitrogen and oxygen atoms in total. The smallest absolute Gasteiger partial charge is 0.240 e. The quantitative estimate of drug-likeness (QED) is 0.707. The first kappa shape index (κ1) is 21.8. The lowest BCUT2D eigenvalue weighted by Crippen LogP contribution is -2.39. The summed E-state index contributed by atoms with van der Waals surface area (Å²) in [4.78, 5) is 43.0. The Morgan fingerprint density at radius 2 is 2.16 bits per heavy atom. The fourth-order valence-corrected chi connectivity index (χ4v) is 4.85. The van der Waals surface area contributed by atoms with E-state index in [0.29, 0.717) is 30.4 Å². The van der Waals surface area contributed by atoms with Crippen molar-refractivity contribution in [3.63, 3.8) is 0 Å². The highest BCUT2D eigenvalue weighted by molar-refractivity contribution is 7.13. The van der Waals surface area contributed by atoms with Gasteiger partial charge in [-0.3, -0.25) is 19.4 Å². The second kappa shape index (κ2) is 9.40. The first-order valence-corrected chi connectivity index (χ1v) is 11.9. The SMILES string of the molecule is Cc1nc([C@H]2CCCN2CC(=O)Nc2nccs2)nc2c1CCC(=O)N2CCC(C)C. The second-order valence-corrected chi connectivity index (χ2v) is 9.61. The predicted octanol–water partition coefficient (Wildman–Crippen LogP) is 3.34. The van der Waals surface area contributed by atoms with Crippen molar-refractivity contribution in [3.8, 4) is 0 Å². The van der Waals surface area contributed by atoms with Gasteiger partial charge in [-0.25, -0.2) is 15.0 Å². The largest absolute Gasteiger partial charge is 0.301 e. The molecule has 0 aliphatic carbocycles. The number of aromatic nitrogens is 3. The molecule has 4 heterocycles. The molecule has 1 atom stereocenters. The van der Waals surface area contributed by atoms with Gasteiger partial charge in [0.15, 0.2) is 5.13 Å². The number of rotatable bonds is 7. The minimum absolute atomic E-state index is 0.0185. The zero-order chi connectivity index (χ0) is 22.0. The van der Waals surface area contributed by atoms with Crippen LogP contribution in [0.4, 0.5) is 10.9 Å². The van der Waals surface area contributed by atoms with Gasteiger partial charge in [0.05, 0.1) is 12.6 Å². The number of hydrogen-bond acceptors (Lipinski definition) is 7. The summed E-state index contributed by atoms with van der Waals surface area (Å²) in [5.41, 5.74) is 2.03. The molecule has 1 N–H and O–H groups in total. The maximum atomic E-state index is 12.7. The Morgan fingerprint density at radius 3 is 2.90 bits per heavy atom. The van der Waals surface area contributed by atoms with E-state index in [9.17, 15) is 9.59 Å². The van der Waals surface area contributed by atoms with Crippen LogP contribution in [0.5, 0.6) is 0 Å². The summed E-state index contributed by atoms with van der Waals surface area (Å²) in [7, 11) is 0. The minimum atomic E-state index is -0.0785. The van der Waals surface area contributed by atoms with Crippen LogP contribution in [0.25, 0.3) is 0 Å². The summed E-state index contributed by atoms with van der Waals surface area (Å²) in [6.45, 7) is 8.13. The van der Waals surface area contributed by atoms with E-state index >= 15 is 0 Å². The highest BCUT2D eigenvalue weighted by Crippen LogP contribution is 2.34. The number of amides is 2. The van der Waals surface area contributed by atoms with Crippen LogP contribution in [0, 0.1) is 12.8 Å². The molecule has 1 saturated heterocycles. The molecule has 0 saturated carbocycles. The summed E-state index contributed by atoms with van der Waals surface area (Å²) in [5, 5.41) is 5.30. The van der Waals surface area contributed by atoms with E-state index in [1.165, 1.54) is 11.3 Å². The Kier molecular flexibility index (Phi) is 6.62. The Bertz CT molecular complexity index is 946. The zero-order valence-corrected chi connectivity index (χ0v) is 19.2. The van der Waals surface area contributed by atoms with Crippen molar-refractivity contribution in [3.05, 3.63) is 28.7 Å². The predicted molar refractivity (Wildman–Crippen MR) is 121 cm³/mol. The fraction of sp³-hybridized carbons (Fsp3) is 0.591. The number of nitrogens with zero attached hydrogens (tertiary/aromatic N) is 5. The molecule has 2 aliphatic rings. The van der Waals surface area contributed by atoms with Gasteiger partial charge in [-0.1, -0.05) is 13.8 Å². The van der Waals surface area contributed by atoms with Gasteiger partial charge in [0, 0.05) is 35.8 Å². The summed E-state index contributed by atoms with van der Waals surface area (Å²) in [6, 6.07) is -0.0185. The number of anilines is 2. The third-order valence-corrected chi connectivity index (χ3v) is 6.66. The van der Waals surface area contributed by atoms with Gasteiger partial charge < -0.3 is 5.32 Å². The van der Waals surface area contributed by atoms with Gasteiger partial charge >= 0.3 is 0 Å². The lowest BCUT2D eigenvalue weighted by atomic mass is 10.0. The van der Waals surface area contributed by atoms with Crippen LogP contribution in [0.1, 0.15) is 62.7 Å². The van der Waals surface area contributed by atoms with E-state index in [0.717, 1.165) is 48.7 Å². The maximum absolute atomic E-state index is 12.7. The van der Waals surface area contributed by atoms with Crippen LogP contribution in [0.3, 0.4) is 0 Å². The molecule has 0 radical (unpaired) electrons. The van der Waals surface area contributed by atoms with E-state index < -0.39 is 0 Å². The number of thiazole rings is 1. The molecule has 2 amide bonds. The molecule has 0 unspecified atom stereocenters. The molecule has 4 rings (SSSR count). The molecule has 0 spiro atoms. The van der Waals surface area contributed by atoms with Gasteiger partial charge in [0.1, 0.15) is 11.6 Å². The van der Waals surface area contributed by atoms with Crippen molar-refractivity contribution in [1.29, 1.82) is 0 Å². The molecule has 0 aromatic carbocycles. The van der Waals surface area contributed by atoms with Crippen molar-refractivity contribution in [2.24, 2.45) is 5.92 Å². The summed E-state index contributed by atoms with van der Waals surface area (Å²) in [5.74, 6) is 2.08. The lowest BCUT2D eigenvalue weighted by molar-refractivity contribution is -0.119. The van der Waals surface area contributed by atoms with Crippen LogP contribution >= 0.6 is 11.3 Å². The van der Waals surface area contributed by atoms with Crippen LogP contribution < -0.4 is 10.2 Å². The Hall–Kier alpha value is -2.39. The number of nitrogens with one attached hydrogen (secondary N) is 1. The first-order valence-electron chi connectivity index (χ1n) is 11.0. The molecule has 2 aromatic heterocycles. The Morgan fingerprint density at radius 1 is 1.32 bits per heavy atom. The molecule has 2 aromatic rings. The highest BCUT2D eigenvalue weighted by atomic mass is 32.1. The van der Waals surface area contributed by atoms with Crippen molar-refractivity contribution in [1.82, 2.24) is 19.9 Å². The number of hydrogen-bond donors (Lipinski definition) is 1. The molecule has 9 heteroatoms. The van der Waals surface area contributed by atoms with Crippen LogP contribution in [0.15, 0.2) is 11.6 Å². The maximum Gasteiger partial charge on any atom is 0.240 e. The van der Waals surface area contributed by atoms with Crippen molar-refractivity contribution in [2.75, 3.05) is 29.9 Å². The third kappa shape index (κ3) is 4.93. The molecular formula is C22H30N6O2S. The number of likely N-dealkylation sites (tertiary alicyclic amines) is 1. The van der Waals surface area contributed by atoms with Crippen molar-refractivity contribution in [2.45, 2.75) is 58.9 Å². The molecule has 2 aliphatic heterocycles. The van der Waals surface area contributed by atoms with E-state index in [-0.39, 0.29) is 24.4 Å². The molecule has 166 valence electrons. The number of carbonyl (C=O) groups excluding carboxylic acids is 2. The molecular weight excluding hydrogens is 412 g/mol. The average Bonchev–Trinajstić information content (AvgIpc) is 3.39. The van der Waals surface area contributed by atoms with E-state index in [4.69, 9.17) is 9.97 Å². The third-order valence-electron chi connectivity index (χ3n) is 5.97. The van der Waals surface area contributed by atoms with Gasteiger partial charge in [-0.2, -0.15) is 0 Å². The van der Waals surface area contributed by atoms with E-state index in [2.05, 4.69) is 29.0 Å². The topological polar surface area (TPSA) is 91.3 Å². The van der Waals surface area contributed by atoms with Crippen LogP contribution in [0.2, 0.25) is 0 Å². The van der Waals surface area contributed by atoms with Crippen LogP contribution in [-0.2, 0) is 16.0 Å². The normalized spacial score (nSPS) is 19.2. The summed E-state index contributed by atoms with van der Waals surface area (Å²) < 4.78 is 0. The molecule has 0 bridgehead atoms. The molecule has 1 fully saturated rings. The van der Waals surface area contributed by atoms with Crippen LogP contribution in [-0.4, -0.2) is 51.3 Å². The van der Waals surface area contributed by atoms with Crippen molar-refractivity contribution >= 4 is 34.1 Å². The minimum Gasteiger partial charge on any atom is -0.301 e. The zero-order valence-electron chi connectivity index (χ0n) is 18.4. The highest BCUT2D eigenvalue weighted by Gasteiger charge is 2.33. The second-order valence-electron chi connectivity index (χ2n) is 8.71. The number of aryl methyl sites for hydroxylation is 1. The Labute approximate surface area is 187 Å². The monoisotopic (exact) mass is 442 g/mol. The van der Waals surface area contributed by atoms with Crippen molar-refractivity contribution < 1.29 is 9.59 Å².